The second-order valence-electron chi connectivity index (χ2n) is 8.64. The molecule has 186 valence electrons. The SMILES string of the molecule is CCCC[C@H](NC(=O)C1(NC(=O)N2CCN(C(=O)OCC)CC2)CCCCC1)C(=O)C(N)=O. The van der Waals surface area contributed by atoms with Crippen LogP contribution in [0.5, 0.6) is 0 Å². The Balaban J connectivity index is 2.07. The van der Waals surface area contributed by atoms with Crippen molar-refractivity contribution in [1.82, 2.24) is 20.4 Å². The fourth-order valence-electron chi connectivity index (χ4n) is 4.30. The summed E-state index contributed by atoms with van der Waals surface area (Å²) < 4.78 is 5.00. The third kappa shape index (κ3) is 7.06. The lowest BCUT2D eigenvalue weighted by atomic mass is 9.80. The number of piperazine rings is 1. The molecular weight excluding hydrogens is 430 g/mol. The lowest BCUT2D eigenvalue weighted by Crippen LogP contribution is -2.65. The maximum absolute atomic E-state index is 13.3. The van der Waals surface area contributed by atoms with Gasteiger partial charge in [0, 0.05) is 26.2 Å². The Labute approximate surface area is 194 Å². The zero-order valence-electron chi connectivity index (χ0n) is 19.7. The number of hydrogen-bond acceptors (Lipinski definition) is 6. The van der Waals surface area contributed by atoms with E-state index in [-0.39, 0.29) is 12.6 Å². The first-order chi connectivity index (χ1) is 15.7. The van der Waals surface area contributed by atoms with E-state index in [0.29, 0.717) is 51.9 Å². The number of rotatable bonds is 9. The van der Waals surface area contributed by atoms with Crippen molar-refractivity contribution < 1.29 is 28.7 Å². The predicted octanol–water partition coefficient (Wildman–Crippen LogP) is 0.902. The fourth-order valence-corrected chi connectivity index (χ4v) is 4.30. The number of hydrogen-bond donors (Lipinski definition) is 3. The van der Waals surface area contributed by atoms with Crippen molar-refractivity contribution in [3.63, 3.8) is 0 Å². The molecule has 1 atom stereocenters. The van der Waals surface area contributed by atoms with E-state index in [4.69, 9.17) is 10.5 Å². The van der Waals surface area contributed by atoms with Crippen LogP contribution in [0.15, 0.2) is 0 Å². The molecular formula is C22H37N5O6. The number of carbonyl (C=O) groups is 5. The van der Waals surface area contributed by atoms with Gasteiger partial charge in [0.1, 0.15) is 5.54 Å². The zero-order valence-corrected chi connectivity index (χ0v) is 19.7. The number of urea groups is 1. The van der Waals surface area contributed by atoms with E-state index in [1.807, 2.05) is 6.92 Å². The van der Waals surface area contributed by atoms with Crippen LogP contribution in [0.1, 0.15) is 65.2 Å². The van der Waals surface area contributed by atoms with Crippen molar-refractivity contribution in [2.45, 2.75) is 76.8 Å². The molecule has 1 aliphatic carbocycles. The van der Waals surface area contributed by atoms with Gasteiger partial charge in [-0.15, -0.1) is 0 Å². The van der Waals surface area contributed by atoms with Gasteiger partial charge in [0.25, 0.3) is 5.91 Å². The second-order valence-corrected chi connectivity index (χ2v) is 8.64. The predicted molar refractivity (Wildman–Crippen MR) is 120 cm³/mol. The second kappa shape index (κ2) is 12.4. The molecule has 1 heterocycles. The van der Waals surface area contributed by atoms with E-state index in [0.717, 1.165) is 25.7 Å². The summed E-state index contributed by atoms with van der Waals surface area (Å²) in [5.41, 5.74) is 4.02. The van der Waals surface area contributed by atoms with E-state index >= 15 is 0 Å². The zero-order chi connectivity index (χ0) is 24.4. The first-order valence-corrected chi connectivity index (χ1v) is 11.9. The van der Waals surface area contributed by atoms with E-state index in [1.165, 1.54) is 0 Å². The number of amides is 5. The van der Waals surface area contributed by atoms with Crippen LogP contribution in [-0.4, -0.2) is 83.9 Å². The third-order valence-corrected chi connectivity index (χ3v) is 6.29. The molecule has 5 amide bonds. The van der Waals surface area contributed by atoms with Gasteiger partial charge in [-0.25, -0.2) is 9.59 Å². The monoisotopic (exact) mass is 467 g/mol. The number of ether oxygens (including phenoxy) is 1. The summed E-state index contributed by atoms with van der Waals surface area (Å²) in [6.07, 6.45) is 4.69. The highest BCUT2D eigenvalue weighted by Crippen LogP contribution is 2.29. The van der Waals surface area contributed by atoms with Gasteiger partial charge in [-0.05, 0) is 26.2 Å². The van der Waals surface area contributed by atoms with Crippen molar-refractivity contribution in [2.24, 2.45) is 5.73 Å². The maximum Gasteiger partial charge on any atom is 0.409 e. The first-order valence-electron chi connectivity index (χ1n) is 11.9. The van der Waals surface area contributed by atoms with Gasteiger partial charge in [-0.2, -0.15) is 0 Å². The van der Waals surface area contributed by atoms with Crippen molar-refractivity contribution in [3.8, 4) is 0 Å². The Hall–Kier alpha value is -2.85. The van der Waals surface area contributed by atoms with Gasteiger partial charge >= 0.3 is 12.1 Å². The van der Waals surface area contributed by atoms with Crippen LogP contribution in [-0.2, 0) is 19.1 Å². The standard InChI is InChI=1S/C22H37N5O6/c1-3-5-9-16(17(28)18(23)29)24-19(30)22(10-7-6-8-11-22)25-20(31)26-12-14-27(15-13-26)21(32)33-4-2/h16H,3-15H2,1-2H3,(H2,23,29)(H,24,30)(H,25,31)/t16-/m0/s1. The molecule has 0 aromatic heterocycles. The summed E-state index contributed by atoms with van der Waals surface area (Å²) in [5.74, 6) is -2.38. The number of ketones is 1. The molecule has 33 heavy (non-hydrogen) atoms. The van der Waals surface area contributed by atoms with Gasteiger partial charge in [0.2, 0.25) is 11.7 Å². The highest BCUT2D eigenvalue weighted by atomic mass is 16.6. The van der Waals surface area contributed by atoms with Crippen LogP contribution in [0.25, 0.3) is 0 Å². The van der Waals surface area contributed by atoms with Crippen molar-refractivity contribution in [3.05, 3.63) is 0 Å². The summed E-state index contributed by atoms with van der Waals surface area (Å²) >= 11 is 0. The number of primary amides is 1. The minimum Gasteiger partial charge on any atom is -0.450 e. The van der Waals surface area contributed by atoms with E-state index in [2.05, 4.69) is 10.6 Å². The fraction of sp³-hybridized carbons (Fsp3) is 0.773. The molecule has 2 fully saturated rings. The van der Waals surface area contributed by atoms with Gasteiger partial charge < -0.3 is 30.9 Å². The molecule has 0 aromatic rings. The molecule has 4 N–H and O–H groups in total. The van der Waals surface area contributed by atoms with Crippen LogP contribution >= 0.6 is 0 Å². The lowest BCUT2D eigenvalue weighted by Gasteiger charge is -2.40. The highest BCUT2D eigenvalue weighted by molar-refractivity contribution is 6.37. The smallest absolute Gasteiger partial charge is 0.409 e. The van der Waals surface area contributed by atoms with Crippen molar-refractivity contribution in [1.29, 1.82) is 0 Å². The summed E-state index contributed by atoms with van der Waals surface area (Å²) in [6, 6.07) is -1.39. The Bertz CT molecular complexity index is 729. The van der Waals surface area contributed by atoms with Gasteiger partial charge in [-0.3, -0.25) is 14.4 Å². The van der Waals surface area contributed by atoms with Gasteiger partial charge in [0.05, 0.1) is 12.6 Å². The van der Waals surface area contributed by atoms with Crippen molar-refractivity contribution in [2.75, 3.05) is 32.8 Å². The van der Waals surface area contributed by atoms with Crippen LogP contribution in [0.2, 0.25) is 0 Å². The molecule has 0 bridgehead atoms. The topological polar surface area (TPSA) is 151 Å². The molecule has 0 radical (unpaired) electrons. The van der Waals surface area contributed by atoms with Crippen LogP contribution in [0, 0.1) is 0 Å². The summed E-state index contributed by atoms with van der Waals surface area (Å²) in [7, 11) is 0. The Kier molecular flexibility index (Phi) is 9.93. The van der Waals surface area contributed by atoms with Crippen LogP contribution in [0.4, 0.5) is 9.59 Å². The number of unbranched alkanes of at least 4 members (excludes halogenated alkanes) is 1. The molecule has 0 unspecified atom stereocenters. The Morgan fingerprint density at radius 3 is 2.12 bits per heavy atom. The van der Waals surface area contributed by atoms with Gasteiger partial charge in [0.15, 0.2) is 0 Å². The lowest BCUT2D eigenvalue weighted by molar-refractivity contribution is -0.139. The van der Waals surface area contributed by atoms with Crippen molar-refractivity contribution >= 4 is 29.7 Å². The third-order valence-electron chi connectivity index (χ3n) is 6.29. The average Bonchev–Trinajstić information content (AvgIpc) is 2.81. The molecule has 11 heteroatoms. The van der Waals surface area contributed by atoms with E-state index in [9.17, 15) is 24.0 Å². The first kappa shape index (κ1) is 26.4. The van der Waals surface area contributed by atoms with Crippen LogP contribution in [0.3, 0.4) is 0 Å². The number of Topliss-reactive ketones (excluding diaryl/α,β-unsaturated/α-hetero) is 1. The molecule has 0 aromatic carbocycles. The average molecular weight is 468 g/mol. The minimum absolute atomic E-state index is 0.286. The number of nitrogens with one attached hydrogen (secondary N) is 2. The number of nitrogens with two attached hydrogens (primary N) is 1. The molecule has 1 aliphatic heterocycles. The molecule has 1 saturated heterocycles. The summed E-state index contributed by atoms with van der Waals surface area (Å²) in [6.45, 7) is 5.30. The van der Waals surface area contributed by atoms with E-state index in [1.54, 1.807) is 16.7 Å². The molecule has 2 aliphatic rings. The Morgan fingerprint density at radius 1 is 0.970 bits per heavy atom. The number of nitrogens with zero attached hydrogens (tertiary/aromatic N) is 2. The summed E-state index contributed by atoms with van der Waals surface area (Å²) in [5, 5.41) is 5.61. The maximum atomic E-state index is 13.3. The minimum atomic E-state index is -1.16. The van der Waals surface area contributed by atoms with E-state index < -0.39 is 35.3 Å². The van der Waals surface area contributed by atoms with Gasteiger partial charge in [-0.1, -0.05) is 39.0 Å². The Morgan fingerprint density at radius 2 is 1.58 bits per heavy atom. The molecule has 0 spiro atoms. The molecule has 11 nitrogen and oxygen atoms in total. The molecule has 2 rings (SSSR count). The largest absolute Gasteiger partial charge is 0.450 e. The molecule has 1 saturated carbocycles. The quantitative estimate of drug-likeness (QED) is 0.429. The highest BCUT2D eigenvalue weighted by Gasteiger charge is 2.43. The normalized spacial score (nSPS) is 18.7. The number of carbonyl (C=O) groups excluding carboxylic acids is 5. The van der Waals surface area contributed by atoms with Crippen LogP contribution < -0.4 is 16.4 Å². The summed E-state index contributed by atoms with van der Waals surface area (Å²) in [4.78, 5) is 65.1.